The molecule has 5 heteroatoms. The van der Waals surface area contributed by atoms with Gasteiger partial charge in [0.05, 0.1) is 11.8 Å². The third-order valence-electron chi connectivity index (χ3n) is 3.32. The highest BCUT2D eigenvalue weighted by atomic mass is 16.5. The first-order chi connectivity index (χ1) is 8.11. The summed E-state index contributed by atoms with van der Waals surface area (Å²) in [5.41, 5.74) is -0.0416. The van der Waals surface area contributed by atoms with Crippen molar-refractivity contribution < 1.29 is 14.4 Å². The summed E-state index contributed by atoms with van der Waals surface area (Å²) in [4.78, 5) is 11.8. The van der Waals surface area contributed by atoms with E-state index in [-0.39, 0.29) is 18.2 Å². The van der Waals surface area contributed by atoms with Crippen LogP contribution in [0, 0.1) is 6.92 Å². The molecule has 1 heterocycles. The summed E-state index contributed by atoms with van der Waals surface area (Å²) in [6, 6.07) is 0. The minimum atomic E-state index is -0.748. The van der Waals surface area contributed by atoms with Gasteiger partial charge in [0.2, 0.25) is 5.76 Å². The summed E-state index contributed by atoms with van der Waals surface area (Å²) in [6.45, 7) is 2.05. The molecule has 0 aliphatic heterocycles. The molecule has 1 aliphatic carbocycles. The smallest absolute Gasteiger partial charge is 0.290 e. The van der Waals surface area contributed by atoms with Gasteiger partial charge in [-0.25, -0.2) is 0 Å². The number of carbonyl (C=O) groups is 1. The van der Waals surface area contributed by atoms with Gasteiger partial charge in [0, 0.05) is 12.1 Å². The highest BCUT2D eigenvalue weighted by Crippen LogP contribution is 2.27. The molecule has 2 rings (SSSR count). The molecule has 0 spiro atoms. The zero-order valence-corrected chi connectivity index (χ0v) is 10.0. The Morgan fingerprint density at radius 3 is 2.82 bits per heavy atom. The van der Waals surface area contributed by atoms with Crippen LogP contribution < -0.4 is 5.32 Å². The number of hydrogen-bond donors (Lipinski definition) is 2. The van der Waals surface area contributed by atoms with Crippen molar-refractivity contribution in [3.05, 3.63) is 17.5 Å². The van der Waals surface area contributed by atoms with E-state index in [1.807, 2.05) is 0 Å². The third-order valence-corrected chi connectivity index (χ3v) is 3.32. The van der Waals surface area contributed by atoms with Gasteiger partial charge in [0.25, 0.3) is 5.91 Å². The van der Waals surface area contributed by atoms with E-state index in [0.717, 1.165) is 32.1 Å². The van der Waals surface area contributed by atoms with Gasteiger partial charge in [0.1, 0.15) is 0 Å². The molecule has 17 heavy (non-hydrogen) atoms. The van der Waals surface area contributed by atoms with Gasteiger partial charge in [-0.05, 0) is 19.8 Å². The van der Waals surface area contributed by atoms with Crippen molar-refractivity contribution in [2.24, 2.45) is 0 Å². The predicted molar refractivity (Wildman–Crippen MR) is 61.6 cm³/mol. The molecule has 1 saturated carbocycles. The molecule has 1 aromatic rings. The maximum absolute atomic E-state index is 11.8. The topological polar surface area (TPSA) is 75.4 Å². The standard InChI is InChI=1S/C12H18N2O3/c1-9-7-14-17-10(9)11(15)13-8-12(16)5-3-2-4-6-12/h7,16H,2-6,8H2,1H3,(H,13,15). The van der Waals surface area contributed by atoms with Crippen LogP contribution in [0.5, 0.6) is 0 Å². The van der Waals surface area contributed by atoms with Gasteiger partial charge in [0.15, 0.2) is 0 Å². The molecule has 1 aromatic heterocycles. The average Bonchev–Trinajstić information content (AvgIpc) is 2.74. The summed E-state index contributed by atoms with van der Waals surface area (Å²) in [6.07, 6.45) is 6.22. The van der Waals surface area contributed by atoms with E-state index in [4.69, 9.17) is 4.52 Å². The Hall–Kier alpha value is -1.36. The van der Waals surface area contributed by atoms with Crippen LogP contribution in [0.2, 0.25) is 0 Å². The zero-order valence-electron chi connectivity index (χ0n) is 10.0. The molecule has 1 fully saturated rings. The maximum atomic E-state index is 11.8. The van der Waals surface area contributed by atoms with E-state index in [9.17, 15) is 9.90 Å². The average molecular weight is 238 g/mol. The summed E-state index contributed by atoms with van der Waals surface area (Å²) in [7, 11) is 0. The van der Waals surface area contributed by atoms with Crippen molar-refractivity contribution in [1.29, 1.82) is 0 Å². The number of carbonyl (C=O) groups excluding carboxylic acids is 1. The Labute approximate surface area is 100 Å². The second kappa shape index (κ2) is 4.87. The van der Waals surface area contributed by atoms with Gasteiger partial charge in [-0.15, -0.1) is 0 Å². The Bertz CT molecular complexity index is 394. The highest BCUT2D eigenvalue weighted by molar-refractivity contribution is 5.92. The van der Waals surface area contributed by atoms with Crippen LogP contribution in [-0.2, 0) is 0 Å². The quantitative estimate of drug-likeness (QED) is 0.834. The first kappa shape index (κ1) is 12.1. The van der Waals surface area contributed by atoms with E-state index in [0.29, 0.717) is 5.56 Å². The summed E-state index contributed by atoms with van der Waals surface area (Å²) in [5.74, 6) is -0.0802. The minimum absolute atomic E-state index is 0.226. The minimum Gasteiger partial charge on any atom is -0.388 e. The second-order valence-corrected chi connectivity index (χ2v) is 4.81. The first-order valence-electron chi connectivity index (χ1n) is 6.03. The van der Waals surface area contributed by atoms with Crippen LogP contribution in [0.3, 0.4) is 0 Å². The van der Waals surface area contributed by atoms with Crippen molar-refractivity contribution >= 4 is 5.91 Å². The van der Waals surface area contributed by atoms with E-state index < -0.39 is 5.60 Å². The van der Waals surface area contributed by atoms with E-state index in [1.54, 1.807) is 6.92 Å². The monoisotopic (exact) mass is 238 g/mol. The number of nitrogens with one attached hydrogen (secondary N) is 1. The zero-order chi connectivity index (χ0) is 12.3. The molecule has 0 radical (unpaired) electrons. The van der Waals surface area contributed by atoms with Crippen molar-refractivity contribution in [1.82, 2.24) is 10.5 Å². The molecular weight excluding hydrogens is 220 g/mol. The van der Waals surface area contributed by atoms with Crippen LogP contribution in [0.25, 0.3) is 0 Å². The largest absolute Gasteiger partial charge is 0.388 e. The van der Waals surface area contributed by atoms with Crippen LogP contribution in [0.1, 0.15) is 48.2 Å². The van der Waals surface area contributed by atoms with Crippen LogP contribution in [0.15, 0.2) is 10.7 Å². The first-order valence-corrected chi connectivity index (χ1v) is 6.03. The molecule has 94 valence electrons. The van der Waals surface area contributed by atoms with Gasteiger partial charge < -0.3 is 14.9 Å². The van der Waals surface area contributed by atoms with Crippen molar-refractivity contribution in [3.63, 3.8) is 0 Å². The number of aromatic nitrogens is 1. The lowest BCUT2D eigenvalue weighted by Crippen LogP contribution is -2.44. The molecule has 0 saturated heterocycles. The number of amides is 1. The van der Waals surface area contributed by atoms with Crippen LogP contribution in [0.4, 0.5) is 0 Å². The lowest BCUT2D eigenvalue weighted by atomic mass is 9.85. The van der Waals surface area contributed by atoms with Crippen molar-refractivity contribution in [3.8, 4) is 0 Å². The lowest BCUT2D eigenvalue weighted by molar-refractivity contribution is 0.00495. The van der Waals surface area contributed by atoms with E-state index in [1.165, 1.54) is 6.20 Å². The van der Waals surface area contributed by atoms with Gasteiger partial charge in [-0.2, -0.15) is 0 Å². The Balaban J connectivity index is 1.90. The number of aliphatic hydroxyl groups is 1. The summed E-state index contributed by atoms with van der Waals surface area (Å²) >= 11 is 0. The summed E-state index contributed by atoms with van der Waals surface area (Å²) < 4.78 is 4.86. The van der Waals surface area contributed by atoms with Crippen LogP contribution >= 0.6 is 0 Å². The fraction of sp³-hybridized carbons (Fsp3) is 0.667. The van der Waals surface area contributed by atoms with Crippen molar-refractivity contribution in [2.75, 3.05) is 6.54 Å². The Morgan fingerprint density at radius 2 is 2.24 bits per heavy atom. The SMILES string of the molecule is Cc1cnoc1C(=O)NCC1(O)CCCCC1. The van der Waals surface area contributed by atoms with Crippen molar-refractivity contribution in [2.45, 2.75) is 44.6 Å². The fourth-order valence-electron chi connectivity index (χ4n) is 2.22. The Morgan fingerprint density at radius 1 is 1.53 bits per heavy atom. The van der Waals surface area contributed by atoms with Gasteiger partial charge >= 0.3 is 0 Å². The number of hydrogen-bond acceptors (Lipinski definition) is 4. The number of rotatable bonds is 3. The molecule has 0 unspecified atom stereocenters. The third kappa shape index (κ3) is 2.85. The molecule has 0 bridgehead atoms. The van der Waals surface area contributed by atoms with Crippen LogP contribution in [-0.4, -0.2) is 28.3 Å². The summed E-state index contributed by atoms with van der Waals surface area (Å²) in [5, 5.41) is 16.5. The fourth-order valence-corrected chi connectivity index (χ4v) is 2.22. The molecule has 1 amide bonds. The number of aryl methyl sites for hydroxylation is 1. The Kier molecular flexibility index (Phi) is 3.47. The molecular formula is C12H18N2O3. The molecule has 0 aromatic carbocycles. The molecule has 1 aliphatic rings. The van der Waals surface area contributed by atoms with E-state index in [2.05, 4.69) is 10.5 Å². The predicted octanol–water partition coefficient (Wildman–Crippen LogP) is 1.41. The molecule has 5 nitrogen and oxygen atoms in total. The van der Waals surface area contributed by atoms with Gasteiger partial charge in [-0.3, -0.25) is 4.79 Å². The molecule has 0 atom stereocenters. The highest BCUT2D eigenvalue weighted by Gasteiger charge is 2.30. The maximum Gasteiger partial charge on any atom is 0.290 e. The second-order valence-electron chi connectivity index (χ2n) is 4.81. The number of nitrogens with zero attached hydrogens (tertiary/aromatic N) is 1. The normalized spacial score (nSPS) is 18.9. The van der Waals surface area contributed by atoms with Gasteiger partial charge in [-0.1, -0.05) is 24.4 Å². The van der Waals surface area contributed by atoms with E-state index >= 15 is 0 Å². The lowest BCUT2D eigenvalue weighted by Gasteiger charge is -2.31. The molecule has 2 N–H and O–H groups in total.